The van der Waals surface area contributed by atoms with Gasteiger partial charge in [0, 0.05) is 10.5 Å². The molecular weight excluding hydrogens is 575 g/mol. The van der Waals surface area contributed by atoms with Gasteiger partial charge in [-0.05, 0) is 67.3 Å². The molecule has 5 atom stereocenters. The second-order valence-corrected chi connectivity index (χ2v) is 17.5. The second-order valence-electron chi connectivity index (χ2n) is 12.1. The number of rotatable bonds is 11. The van der Waals surface area contributed by atoms with Gasteiger partial charge in [-0.1, -0.05) is 118 Å². The number of halogens is 1. The summed E-state index contributed by atoms with van der Waals surface area (Å²) in [7, 11) is -2.54. The molecule has 0 radical (unpaired) electrons. The fourth-order valence-electron chi connectivity index (χ4n) is 5.69. The van der Waals surface area contributed by atoms with Crippen LogP contribution in [0.1, 0.15) is 74.7 Å². The van der Waals surface area contributed by atoms with Crippen molar-refractivity contribution in [2.45, 2.75) is 104 Å². The number of ether oxygens (including phenoxy) is 2. The second kappa shape index (κ2) is 12.4. The minimum atomic E-state index is -2.54. The highest BCUT2D eigenvalue weighted by Gasteiger charge is 2.51. The highest BCUT2D eigenvalue weighted by atomic mass is 127. The largest absolute Gasteiger partial charge is 0.404 e. The molecule has 3 nitrogen and oxygen atoms in total. The molecule has 2 aromatic carbocycles. The maximum absolute atomic E-state index is 7.37. The van der Waals surface area contributed by atoms with Crippen LogP contribution in [0.25, 0.3) is 0 Å². The van der Waals surface area contributed by atoms with Gasteiger partial charge in [-0.25, -0.2) is 0 Å². The summed E-state index contributed by atoms with van der Waals surface area (Å²) in [4.78, 5) is 0. The smallest absolute Gasteiger partial charge is 0.261 e. The molecule has 0 amide bonds. The average Bonchev–Trinajstić information content (AvgIpc) is 3.15. The molecule has 0 N–H and O–H groups in total. The van der Waals surface area contributed by atoms with Gasteiger partial charge in [0.15, 0.2) is 5.79 Å². The van der Waals surface area contributed by atoms with Crippen LogP contribution in [-0.2, 0) is 13.9 Å². The molecule has 4 unspecified atom stereocenters. The first-order valence-corrected chi connectivity index (χ1v) is 17.0. The third-order valence-electron chi connectivity index (χ3n) is 7.83. The van der Waals surface area contributed by atoms with Gasteiger partial charge in [0.1, 0.15) is 0 Å². The molecule has 0 aromatic heterocycles. The lowest BCUT2D eigenvalue weighted by molar-refractivity contribution is -0.150. The van der Waals surface area contributed by atoms with Crippen LogP contribution < -0.4 is 10.4 Å². The Kier molecular flexibility index (Phi) is 10.3. The Bertz CT molecular complexity index is 888. The van der Waals surface area contributed by atoms with Gasteiger partial charge in [-0.3, -0.25) is 0 Å². The van der Waals surface area contributed by atoms with Gasteiger partial charge in [0.25, 0.3) is 8.32 Å². The van der Waals surface area contributed by atoms with Crippen molar-refractivity contribution in [3.8, 4) is 0 Å². The highest BCUT2D eigenvalue weighted by Crippen LogP contribution is 2.39. The van der Waals surface area contributed by atoms with Gasteiger partial charge in [-0.15, -0.1) is 0 Å². The zero-order valence-corrected chi connectivity index (χ0v) is 26.7. The number of benzene rings is 2. The maximum Gasteiger partial charge on any atom is 0.261 e. The molecule has 1 aliphatic rings. The summed E-state index contributed by atoms with van der Waals surface area (Å²) in [6.45, 7) is 18.1. The van der Waals surface area contributed by atoms with Crippen molar-refractivity contribution in [1.29, 1.82) is 0 Å². The molecule has 1 heterocycles. The lowest BCUT2D eigenvalue weighted by Crippen LogP contribution is -2.67. The summed E-state index contributed by atoms with van der Waals surface area (Å²) in [5.41, 5.74) is 0. The predicted molar refractivity (Wildman–Crippen MR) is 163 cm³/mol. The zero-order chi connectivity index (χ0) is 26.6. The van der Waals surface area contributed by atoms with Crippen LogP contribution in [0.3, 0.4) is 0 Å². The van der Waals surface area contributed by atoms with Gasteiger partial charge < -0.3 is 13.9 Å². The highest BCUT2D eigenvalue weighted by molar-refractivity contribution is 14.1. The van der Waals surface area contributed by atoms with E-state index in [0.29, 0.717) is 11.8 Å². The molecule has 1 fully saturated rings. The third-order valence-corrected chi connectivity index (χ3v) is 13.6. The normalized spacial score (nSPS) is 22.8. The molecule has 2 aromatic rings. The van der Waals surface area contributed by atoms with Crippen LogP contribution in [-0.4, -0.2) is 36.8 Å². The standard InChI is InChI=1S/C31H47IO3Si/c1-23(19-20-24(2)29-28(21-22-32)33-31(7,8)34-29)25(3)35-36(30(4,5)6,26-15-11-9-12-16-26)27-17-13-10-14-18-27/h9-18,23-25,28-29H,19-22H2,1-8H3/t23-,24?,25?,28?,29?/m1/s1. The van der Waals surface area contributed by atoms with Crippen molar-refractivity contribution >= 4 is 41.3 Å². The molecule has 3 rings (SSSR count). The number of hydrogen-bond acceptors (Lipinski definition) is 3. The lowest BCUT2D eigenvalue weighted by Gasteiger charge is -2.45. The van der Waals surface area contributed by atoms with Crippen molar-refractivity contribution in [1.82, 2.24) is 0 Å². The monoisotopic (exact) mass is 622 g/mol. The molecule has 0 bridgehead atoms. The van der Waals surface area contributed by atoms with Gasteiger partial charge in [-0.2, -0.15) is 0 Å². The SMILES string of the molecule is CC(CC[C@@H](C)C(C)O[Si](c1ccccc1)(c1ccccc1)C(C)(C)C)C1OC(C)(C)OC1CCI. The van der Waals surface area contributed by atoms with E-state index in [1.54, 1.807) is 0 Å². The van der Waals surface area contributed by atoms with Crippen molar-refractivity contribution in [3.05, 3.63) is 60.7 Å². The molecule has 1 saturated heterocycles. The van der Waals surface area contributed by atoms with Crippen LogP contribution in [0.2, 0.25) is 5.04 Å². The Balaban J connectivity index is 1.78. The first-order chi connectivity index (χ1) is 16.9. The van der Waals surface area contributed by atoms with E-state index in [0.717, 1.165) is 23.7 Å². The van der Waals surface area contributed by atoms with Gasteiger partial charge in [0.2, 0.25) is 0 Å². The molecule has 0 aliphatic carbocycles. The van der Waals surface area contributed by atoms with E-state index in [2.05, 4.69) is 125 Å². The van der Waals surface area contributed by atoms with Gasteiger partial charge in [0.05, 0.1) is 12.2 Å². The quantitative estimate of drug-likeness (QED) is 0.149. The summed E-state index contributed by atoms with van der Waals surface area (Å²) in [6, 6.07) is 21.9. The first kappa shape index (κ1) is 29.8. The van der Waals surface area contributed by atoms with Crippen molar-refractivity contribution < 1.29 is 13.9 Å². The minimum Gasteiger partial charge on any atom is -0.404 e. The summed E-state index contributed by atoms with van der Waals surface area (Å²) >= 11 is 2.44. The van der Waals surface area contributed by atoms with Crippen LogP contribution in [0.4, 0.5) is 0 Å². The Morgan fingerprint density at radius 3 is 1.89 bits per heavy atom. The molecule has 200 valence electrons. The van der Waals surface area contributed by atoms with E-state index in [-0.39, 0.29) is 23.4 Å². The first-order valence-electron chi connectivity index (χ1n) is 13.6. The van der Waals surface area contributed by atoms with E-state index in [1.807, 2.05) is 13.8 Å². The third kappa shape index (κ3) is 6.82. The number of hydrogen-bond donors (Lipinski definition) is 0. The lowest BCUT2D eigenvalue weighted by atomic mass is 9.89. The molecule has 0 spiro atoms. The zero-order valence-electron chi connectivity index (χ0n) is 23.6. The van der Waals surface area contributed by atoms with Gasteiger partial charge >= 0.3 is 0 Å². The molecule has 0 saturated carbocycles. The summed E-state index contributed by atoms with van der Waals surface area (Å²) in [6.07, 6.45) is 3.76. The molecule has 1 aliphatic heterocycles. The van der Waals surface area contributed by atoms with E-state index in [9.17, 15) is 0 Å². The predicted octanol–water partition coefficient (Wildman–Crippen LogP) is 7.35. The summed E-state index contributed by atoms with van der Waals surface area (Å²) in [5.74, 6) is 0.399. The summed E-state index contributed by atoms with van der Waals surface area (Å²) in [5, 5.41) is 2.68. The van der Waals surface area contributed by atoms with Crippen LogP contribution >= 0.6 is 22.6 Å². The maximum atomic E-state index is 7.37. The Morgan fingerprint density at radius 1 is 0.889 bits per heavy atom. The van der Waals surface area contributed by atoms with E-state index in [4.69, 9.17) is 13.9 Å². The minimum absolute atomic E-state index is 0.00968. The fraction of sp³-hybridized carbons (Fsp3) is 0.613. The number of alkyl halides is 1. The Hall–Kier alpha value is -0.733. The van der Waals surface area contributed by atoms with Crippen molar-refractivity contribution in [3.63, 3.8) is 0 Å². The van der Waals surface area contributed by atoms with Crippen LogP contribution in [0, 0.1) is 11.8 Å². The van der Waals surface area contributed by atoms with E-state index < -0.39 is 14.1 Å². The average molecular weight is 623 g/mol. The Labute approximate surface area is 235 Å². The van der Waals surface area contributed by atoms with E-state index >= 15 is 0 Å². The summed E-state index contributed by atoms with van der Waals surface area (Å²) < 4.78 is 21.0. The van der Waals surface area contributed by atoms with E-state index in [1.165, 1.54) is 10.4 Å². The topological polar surface area (TPSA) is 27.7 Å². The molecule has 5 heteroatoms. The van der Waals surface area contributed by atoms with Crippen molar-refractivity contribution in [2.24, 2.45) is 11.8 Å². The molecule has 36 heavy (non-hydrogen) atoms. The van der Waals surface area contributed by atoms with Crippen LogP contribution in [0.5, 0.6) is 0 Å². The molecular formula is C31H47IO3Si. The van der Waals surface area contributed by atoms with Crippen molar-refractivity contribution in [2.75, 3.05) is 4.43 Å². The Morgan fingerprint density at radius 2 is 1.42 bits per heavy atom. The fourth-order valence-corrected chi connectivity index (χ4v) is 11.1. The van der Waals surface area contributed by atoms with Crippen LogP contribution in [0.15, 0.2) is 60.7 Å².